The maximum atomic E-state index is 12.0. The fourth-order valence-corrected chi connectivity index (χ4v) is 2.35. The van der Waals surface area contributed by atoms with E-state index in [4.69, 9.17) is 4.74 Å². The first-order valence-electron chi connectivity index (χ1n) is 6.24. The van der Waals surface area contributed by atoms with E-state index in [1.807, 2.05) is 30.3 Å². The highest BCUT2D eigenvalue weighted by molar-refractivity contribution is 6.10. The van der Waals surface area contributed by atoms with Crippen molar-refractivity contribution in [1.29, 1.82) is 0 Å². The van der Waals surface area contributed by atoms with Crippen LogP contribution in [0.25, 0.3) is 16.9 Å². The Morgan fingerprint density at radius 2 is 1.75 bits per heavy atom. The van der Waals surface area contributed by atoms with Crippen LogP contribution in [0, 0.1) is 0 Å². The van der Waals surface area contributed by atoms with Crippen LogP contribution in [0.5, 0.6) is 0 Å². The summed E-state index contributed by atoms with van der Waals surface area (Å²) >= 11 is 0. The standard InChI is InChI=1S/C17H12O3/c1-10(18)13-8-14-11(2)20-17(19)16(14)15(9-13)12-6-4-3-5-7-12/h3-9H,2H2,1H3. The molecule has 1 heterocycles. The van der Waals surface area contributed by atoms with E-state index in [2.05, 4.69) is 6.58 Å². The lowest BCUT2D eigenvalue weighted by atomic mass is 9.92. The molecule has 0 aliphatic carbocycles. The molecule has 0 atom stereocenters. The summed E-state index contributed by atoms with van der Waals surface area (Å²) in [6.45, 7) is 5.22. The molecule has 0 saturated carbocycles. The highest BCUT2D eigenvalue weighted by Crippen LogP contribution is 2.37. The SMILES string of the molecule is C=C1OC(=O)c2c1cc(C(C)=O)cc2-c1ccccc1. The Kier molecular flexibility index (Phi) is 2.75. The number of esters is 1. The van der Waals surface area contributed by atoms with E-state index in [9.17, 15) is 9.59 Å². The first kappa shape index (κ1) is 12.4. The van der Waals surface area contributed by atoms with Gasteiger partial charge in [-0.25, -0.2) is 4.79 Å². The summed E-state index contributed by atoms with van der Waals surface area (Å²) in [5, 5.41) is 0. The third kappa shape index (κ3) is 1.84. The van der Waals surface area contributed by atoms with Gasteiger partial charge in [-0.1, -0.05) is 36.9 Å². The number of ketones is 1. The maximum Gasteiger partial charge on any atom is 0.344 e. The Bertz CT molecular complexity index is 742. The first-order valence-corrected chi connectivity index (χ1v) is 6.24. The monoisotopic (exact) mass is 264 g/mol. The summed E-state index contributed by atoms with van der Waals surface area (Å²) < 4.78 is 5.08. The van der Waals surface area contributed by atoms with Crippen LogP contribution in [0.3, 0.4) is 0 Å². The van der Waals surface area contributed by atoms with Gasteiger partial charge in [0.2, 0.25) is 0 Å². The summed E-state index contributed by atoms with van der Waals surface area (Å²) in [6, 6.07) is 12.9. The molecule has 98 valence electrons. The van der Waals surface area contributed by atoms with Crippen molar-refractivity contribution in [2.75, 3.05) is 0 Å². The van der Waals surface area contributed by atoms with Crippen LogP contribution in [-0.4, -0.2) is 11.8 Å². The third-order valence-corrected chi connectivity index (χ3v) is 3.35. The molecule has 3 heteroatoms. The van der Waals surface area contributed by atoms with E-state index in [0.717, 1.165) is 5.56 Å². The van der Waals surface area contributed by atoms with Crippen molar-refractivity contribution in [2.24, 2.45) is 0 Å². The van der Waals surface area contributed by atoms with Crippen LogP contribution in [0.2, 0.25) is 0 Å². The average molecular weight is 264 g/mol. The minimum atomic E-state index is -0.418. The van der Waals surface area contributed by atoms with Crippen LogP contribution >= 0.6 is 0 Å². The maximum absolute atomic E-state index is 12.0. The summed E-state index contributed by atoms with van der Waals surface area (Å²) in [7, 11) is 0. The lowest BCUT2D eigenvalue weighted by Crippen LogP contribution is -2.01. The molecule has 3 rings (SSSR count). The molecule has 0 amide bonds. The van der Waals surface area contributed by atoms with Crippen LogP contribution < -0.4 is 0 Å². The Balaban J connectivity index is 2.34. The van der Waals surface area contributed by atoms with E-state index in [1.165, 1.54) is 6.92 Å². The number of rotatable bonds is 2. The molecule has 3 nitrogen and oxygen atoms in total. The highest BCUT2D eigenvalue weighted by atomic mass is 16.5. The molecule has 0 saturated heterocycles. The second-order valence-corrected chi connectivity index (χ2v) is 4.68. The quantitative estimate of drug-likeness (QED) is 0.613. The van der Waals surface area contributed by atoms with Gasteiger partial charge >= 0.3 is 5.97 Å². The zero-order chi connectivity index (χ0) is 14.3. The lowest BCUT2D eigenvalue weighted by molar-refractivity contribution is 0.0717. The van der Waals surface area contributed by atoms with Gasteiger partial charge in [-0.05, 0) is 30.2 Å². The number of ether oxygens (including phenoxy) is 1. The predicted octanol–water partition coefficient (Wildman–Crippen LogP) is 3.70. The van der Waals surface area contributed by atoms with Gasteiger partial charge in [0, 0.05) is 11.1 Å². The molecule has 0 bridgehead atoms. The van der Waals surface area contributed by atoms with E-state index in [-0.39, 0.29) is 5.78 Å². The lowest BCUT2D eigenvalue weighted by Gasteiger charge is -2.08. The van der Waals surface area contributed by atoms with Crippen molar-refractivity contribution in [3.63, 3.8) is 0 Å². The number of fused-ring (bicyclic) bond motifs is 1. The van der Waals surface area contributed by atoms with E-state index in [1.54, 1.807) is 12.1 Å². The Labute approximate surface area is 116 Å². The Hall–Kier alpha value is -2.68. The molecule has 20 heavy (non-hydrogen) atoms. The Morgan fingerprint density at radius 1 is 1.10 bits per heavy atom. The minimum Gasteiger partial charge on any atom is -0.423 e. The van der Waals surface area contributed by atoms with Crippen molar-refractivity contribution in [1.82, 2.24) is 0 Å². The van der Waals surface area contributed by atoms with Crippen molar-refractivity contribution in [3.8, 4) is 11.1 Å². The van der Waals surface area contributed by atoms with Gasteiger partial charge in [-0.15, -0.1) is 0 Å². The molecule has 0 fully saturated rings. The number of cyclic esters (lactones) is 1. The second kappa shape index (κ2) is 4.46. The minimum absolute atomic E-state index is 0.0582. The van der Waals surface area contributed by atoms with Crippen molar-refractivity contribution in [3.05, 3.63) is 65.7 Å². The molecule has 0 unspecified atom stereocenters. The van der Waals surface area contributed by atoms with Crippen LogP contribution in [0.15, 0.2) is 49.0 Å². The number of hydrogen-bond acceptors (Lipinski definition) is 3. The van der Waals surface area contributed by atoms with Crippen LogP contribution in [0.1, 0.15) is 33.2 Å². The second-order valence-electron chi connectivity index (χ2n) is 4.68. The van der Waals surface area contributed by atoms with Crippen LogP contribution in [-0.2, 0) is 4.74 Å². The van der Waals surface area contributed by atoms with E-state index in [0.29, 0.717) is 28.0 Å². The summed E-state index contributed by atoms with van der Waals surface area (Å²) in [6.07, 6.45) is 0. The van der Waals surface area contributed by atoms with Gasteiger partial charge < -0.3 is 4.74 Å². The predicted molar refractivity (Wildman–Crippen MR) is 76.3 cm³/mol. The van der Waals surface area contributed by atoms with Gasteiger partial charge in [0.15, 0.2) is 5.78 Å². The van der Waals surface area contributed by atoms with Crippen molar-refractivity contribution < 1.29 is 14.3 Å². The third-order valence-electron chi connectivity index (χ3n) is 3.35. The normalized spacial score (nSPS) is 13.1. The summed E-state index contributed by atoms with van der Waals surface area (Å²) in [4.78, 5) is 23.6. The fourth-order valence-electron chi connectivity index (χ4n) is 2.35. The van der Waals surface area contributed by atoms with Gasteiger partial charge in [-0.3, -0.25) is 4.79 Å². The molecule has 0 spiro atoms. The number of hydrogen-bond donors (Lipinski definition) is 0. The van der Waals surface area contributed by atoms with Crippen LogP contribution in [0.4, 0.5) is 0 Å². The largest absolute Gasteiger partial charge is 0.423 e. The first-order chi connectivity index (χ1) is 9.58. The highest BCUT2D eigenvalue weighted by Gasteiger charge is 2.29. The zero-order valence-corrected chi connectivity index (χ0v) is 11.0. The summed E-state index contributed by atoms with van der Waals surface area (Å²) in [5.41, 5.74) is 3.20. The topological polar surface area (TPSA) is 43.4 Å². The van der Waals surface area contributed by atoms with Gasteiger partial charge in [-0.2, -0.15) is 0 Å². The van der Waals surface area contributed by atoms with Crippen molar-refractivity contribution >= 4 is 17.5 Å². The number of Topliss-reactive ketones (excluding diaryl/α,β-unsaturated/α-hetero) is 1. The van der Waals surface area contributed by atoms with E-state index < -0.39 is 5.97 Å². The zero-order valence-electron chi connectivity index (χ0n) is 11.0. The number of benzene rings is 2. The molecule has 1 aliphatic heterocycles. The Morgan fingerprint density at radius 3 is 2.40 bits per heavy atom. The van der Waals surface area contributed by atoms with E-state index >= 15 is 0 Å². The van der Waals surface area contributed by atoms with Gasteiger partial charge in [0.05, 0.1) is 5.56 Å². The molecule has 0 radical (unpaired) electrons. The van der Waals surface area contributed by atoms with Gasteiger partial charge in [0.25, 0.3) is 0 Å². The molecule has 1 aliphatic rings. The fraction of sp³-hybridized carbons (Fsp3) is 0.0588. The molecule has 0 aromatic heterocycles. The average Bonchev–Trinajstić information content (AvgIpc) is 2.74. The molecule has 2 aromatic carbocycles. The molecular weight excluding hydrogens is 252 g/mol. The molecular formula is C17H12O3. The molecule has 2 aromatic rings. The number of carbonyl (C=O) groups excluding carboxylic acids is 2. The number of carbonyl (C=O) groups is 2. The summed E-state index contributed by atoms with van der Waals surface area (Å²) in [5.74, 6) is -0.179. The van der Waals surface area contributed by atoms with Crippen molar-refractivity contribution in [2.45, 2.75) is 6.92 Å². The molecule has 0 N–H and O–H groups in total. The smallest absolute Gasteiger partial charge is 0.344 e. The van der Waals surface area contributed by atoms with Gasteiger partial charge in [0.1, 0.15) is 5.76 Å².